The minimum atomic E-state index is -0.0241. The summed E-state index contributed by atoms with van der Waals surface area (Å²) in [5, 5.41) is 0. The average Bonchev–Trinajstić information content (AvgIpc) is 2.71. The zero-order valence-corrected chi connectivity index (χ0v) is 18.7. The zero-order chi connectivity index (χ0) is 21.3. The first-order chi connectivity index (χ1) is 14.3. The summed E-state index contributed by atoms with van der Waals surface area (Å²) in [5.41, 5.74) is 3.71. The molecule has 0 aliphatic carbocycles. The fourth-order valence-electron chi connectivity index (χ4n) is 4.67. The molecule has 0 unspecified atom stereocenters. The number of anilines is 1. The van der Waals surface area contributed by atoms with Crippen LogP contribution < -0.4 is 15.2 Å². The lowest BCUT2D eigenvalue weighted by Crippen LogP contribution is -2.53. The number of pyridine rings is 1. The average molecular weight is 411 g/mol. The Kier molecular flexibility index (Phi) is 5.92. The van der Waals surface area contributed by atoms with Crippen LogP contribution in [0.4, 0.5) is 5.69 Å². The Labute approximate surface area is 179 Å². The molecule has 1 aromatic heterocycles. The van der Waals surface area contributed by atoms with E-state index < -0.39 is 0 Å². The Hall–Kier alpha value is -2.27. The minimum Gasteiger partial charge on any atom is -0.493 e. The first-order valence-corrected chi connectivity index (χ1v) is 11.1. The van der Waals surface area contributed by atoms with Crippen molar-refractivity contribution in [3.05, 3.63) is 58.0 Å². The highest BCUT2D eigenvalue weighted by molar-refractivity contribution is 5.51. The molecular formula is C25H34N2O3. The summed E-state index contributed by atoms with van der Waals surface area (Å²) >= 11 is 0. The molecule has 5 nitrogen and oxygen atoms in total. The number of rotatable bonds is 6. The first-order valence-electron chi connectivity index (χ1n) is 11.1. The molecule has 0 radical (unpaired) electrons. The van der Waals surface area contributed by atoms with Gasteiger partial charge in [-0.05, 0) is 61.8 Å². The van der Waals surface area contributed by atoms with Gasteiger partial charge in [0.15, 0.2) is 0 Å². The Morgan fingerprint density at radius 2 is 1.80 bits per heavy atom. The van der Waals surface area contributed by atoms with Gasteiger partial charge in [0.05, 0.1) is 12.6 Å². The maximum absolute atomic E-state index is 12.9. The minimum absolute atomic E-state index is 0.0157. The quantitative estimate of drug-likeness (QED) is 0.707. The second-order valence-electron chi connectivity index (χ2n) is 9.70. The molecule has 0 spiro atoms. The summed E-state index contributed by atoms with van der Waals surface area (Å²) in [6, 6.07) is 12.2. The highest BCUT2D eigenvalue weighted by Crippen LogP contribution is 2.34. The van der Waals surface area contributed by atoms with E-state index in [1.165, 1.54) is 5.69 Å². The summed E-state index contributed by atoms with van der Waals surface area (Å²) in [7, 11) is 0. The Balaban J connectivity index is 1.44. The molecule has 2 aliphatic heterocycles. The number of ether oxygens (including phenoxy) is 2. The summed E-state index contributed by atoms with van der Waals surface area (Å²) in [6.07, 6.45) is 2.05. The molecule has 2 saturated heterocycles. The van der Waals surface area contributed by atoms with Crippen molar-refractivity contribution in [1.82, 2.24) is 4.57 Å². The standard InChI is InChI=1S/C25H34N2O3/c1-18-13-23(30-15-20-9-11-29-12-10-20)14-24(28)27(18)19(2)21-5-7-22(8-6-21)26-16-25(3,4)17-26/h5-8,13-14,19-20H,9-12,15-17H2,1-4H3/t19-/m0/s1. The van der Waals surface area contributed by atoms with Crippen LogP contribution in [0, 0.1) is 18.3 Å². The predicted molar refractivity (Wildman–Crippen MR) is 121 cm³/mol. The number of aromatic nitrogens is 1. The molecule has 3 heterocycles. The normalized spacial score (nSPS) is 19.9. The van der Waals surface area contributed by atoms with E-state index in [2.05, 4.69) is 49.9 Å². The Bertz CT molecular complexity index is 918. The molecule has 30 heavy (non-hydrogen) atoms. The molecule has 2 aliphatic rings. The van der Waals surface area contributed by atoms with Gasteiger partial charge in [-0.25, -0.2) is 0 Å². The van der Waals surface area contributed by atoms with Gasteiger partial charge in [0.1, 0.15) is 5.75 Å². The van der Waals surface area contributed by atoms with Crippen molar-refractivity contribution in [2.45, 2.75) is 46.6 Å². The largest absolute Gasteiger partial charge is 0.493 e. The molecule has 2 aromatic rings. The third kappa shape index (κ3) is 4.56. The summed E-state index contributed by atoms with van der Waals surface area (Å²) in [4.78, 5) is 15.3. The van der Waals surface area contributed by atoms with Gasteiger partial charge in [0.25, 0.3) is 5.56 Å². The number of hydrogen-bond donors (Lipinski definition) is 0. The zero-order valence-electron chi connectivity index (χ0n) is 18.7. The monoisotopic (exact) mass is 410 g/mol. The second-order valence-corrected chi connectivity index (χ2v) is 9.70. The van der Waals surface area contributed by atoms with Crippen LogP contribution in [-0.4, -0.2) is 37.5 Å². The lowest BCUT2D eigenvalue weighted by atomic mass is 9.84. The SMILES string of the molecule is Cc1cc(OCC2CCOCC2)cc(=O)n1[C@@H](C)c1ccc(N2CC(C)(C)C2)cc1. The van der Waals surface area contributed by atoms with Crippen LogP contribution in [0.5, 0.6) is 5.75 Å². The van der Waals surface area contributed by atoms with Crippen molar-refractivity contribution in [2.75, 3.05) is 37.8 Å². The Morgan fingerprint density at radius 3 is 2.40 bits per heavy atom. The van der Waals surface area contributed by atoms with Crippen molar-refractivity contribution in [1.29, 1.82) is 0 Å². The van der Waals surface area contributed by atoms with Gasteiger partial charge in [0.2, 0.25) is 0 Å². The van der Waals surface area contributed by atoms with Crippen molar-refractivity contribution in [3.63, 3.8) is 0 Å². The second kappa shape index (κ2) is 8.46. The highest BCUT2D eigenvalue weighted by atomic mass is 16.5. The first kappa shape index (κ1) is 21.0. The third-order valence-corrected chi connectivity index (χ3v) is 6.43. The van der Waals surface area contributed by atoms with Crippen molar-refractivity contribution >= 4 is 5.69 Å². The molecule has 0 bridgehead atoms. The molecule has 4 rings (SSSR count). The van der Waals surface area contributed by atoms with Crippen LogP contribution in [0.2, 0.25) is 0 Å². The van der Waals surface area contributed by atoms with Gasteiger partial charge in [-0.2, -0.15) is 0 Å². The van der Waals surface area contributed by atoms with E-state index in [0.29, 0.717) is 23.7 Å². The lowest BCUT2D eigenvalue weighted by molar-refractivity contribution is 0.0497. The van der Waals surface area contributed by atoms with Gasteiger partial charge >= 0.3 is 0 Å². The smallest absolute Gasteiger partial charge is 0.254 e. The van der Waals surface area contributed by atoms with Crippen LogP contribution in [0.25, 0.3) is 0 Å². The van der Waals surface area contributed by atoms with Gasteiger partial charge in [-0.1, -0.05) is 26.0 Å². The van der Waals surface area contributed by atoms with Crippen LogP contribution in [0.1, 0.15) is 50.9 Å². The van der Waals surface area contributed by atoms with E-state index in [1.54, 1.807) is 6.07 Å². The van der Waals surface area contributed by atoms with Gasteiger partial charge < -0.3 is 18.9 Å². The Morgan fingerprint density at radius 1 is 1.13 bits per heavy atom. The number of benzene rings is 1. The van der Waals surface area contributed by atoms with Gasteiger partial charge in [-0.15, -0.1) is 0 Å². The molecule has 2 fully saturated rings. The van der Waals surface area contributed by atoms with E-state index >= 15 is 0 Å². The van der Waals surface area contributed by atoms with Crippen LogP contribution in [-0.2, 0) is 4.74 Å². The highest BCUT2D eigenvalue weighted by Gasteiger charge is 2.34. The molecule has 0 amide bonds. The van der Waals surface area contributed by atoms with Gasteiger partial charge in [0, 0.05) is 43.8 Å². The summed E-state index contributed by atoms with van der Waals surface area (Å²) < 4.78 is 13.2. The maximum Gasteiger partial charge on any atom is 0.254 e. The van der Waals surface area contributed by atoms with E-state index in [4.69, 9.17) is 9.47 Å². The van der Waals surface area contributed by atoms with E-state index in [-0.39, 0.29) is 11.6 Å². The van der Waals surface area contributed by atoms with Crippen LogP contribution in [0.15, 0.2) is 41.2 Å². The van der Waals surface area contributed by atoms with Crippen molar-refractivity contribution in [2.24, 2.45) is 11.3 Å². The van der Waals surface area contributed by atoms with Crippen LogP contribution >= 0.6 is 0 Å². The number of nitrogens with zero attached hydrogens (tertiary/aromatic N) is 2. The van der Waals surface area contributed by atoms with Crippen molar-refractivity contribution < 1.29 is 9.47 Å². The molecule has 162 valence electrons. The topological polar surface area (TPSA) is 43.7 Å². The summed E-state index contributed by atoms with van der Waals surface area (Å²) in [5.74, 6) is 1.18. The van der Waals surface area contributed by atoms with Crippen molar-refractivity contribution in [3.8, 4) is 5.75 Å². The van der Waals surface area contributed by atoms with Gasteiger partial charge in [-0.3, -0.25) is 4.79 Å². The fraction of sp³-hybridized carbons (Fsp3) is 0.560. The molecule has 0 saturated carbocycles. The predicted octanol–water partition coefficient (Wildman–Crippen LogP) is 4.42. The molecule has 5 heteroatoms. The molecule has 1 aromatic carbocycles. The summed E-state index contributed by atoms with van der Waals surface area (Å²) in [6.45, 7) is 13.1. The third-order valence-electron chi connectivity index (χ3n) is 6.43. The fourth-order valence-corrected chi connectivity index (χ4v) is 4.67. The molecule has 0 N–H and O–H groups in total. The lowest BCUT2D eigenvalue weighted by Gasteiger charge is -2.47. The number of aryl methyl sites for hydroxylation is 1. The van der Waals surface area contributed by atoms with E-state index in [1.807, 2.05) is 17.6 Å². The van der Waals surface area contributed by atoms with E-state index in [9.17, 15) is 4.79 Å². The molecular weight excluding hydrogens is 376 g/mol. The number of hydrogen-bond acceptors (Lipinski definition) is 4. The molecule has 1 atom stereocenters. The van der Waals surface area contributed by atoms with E-state index in [0.717, 1.165) is 50.4 Å². The van der Waals surface area contributed by atoms with Crippen LogP contribution in [0.3, 0.4) is 0 Å². The maximum atomic E-state index is 12.9.